The van der Waals surface area contributed by atoms with Gasteiger partial charge in [-0.15, -0.1) is 0 Å². The number of rotatable bonds is 4. The number of nitrogens with zero attached hydrogens (tertiary/aromatic N) is 2. The van der Waals surface area contributed by atoms with Gasteiger partial charge in [0.15, 0.2) is 0 Å². The number of anilines is 1. The second kappa shape index (κ2) is 6.16. The normalized spacial score (nSPS) is 33.2. The van der Waals surface area contributed by atoms with Gasteiger partial charge in [0.25, 0.3) is 0 Å². The Balaban J connectivity index is 1.41. The van der Waals surface area contributed by atoms with Crippen molar-refractivity contribution in [2.45, 2.75) is 71.1 Å². The van der Waals surface area contributed by atoms with Crippen molar-refractivity contribution in [1.82, 2.24) is 10.1 Å². The third-order valence-electron chi connectivity index (χ3n) is 7.46. The van der Waals surface area contributed by atoms with Crippen molar-refractivity contribution in [3.8, 4) is 0 Å². The molecule has 4 aliphatic carbocycles. The highest BCUT2D eigenvalue weighted by Gasteiger charge is 2.59. The van der Waals surface area contributed by atoms with Crippen molar-refractivity contribution in [2.24, 2.45) is 17.3 Å². The number of hydrogen-bond donors (Lipinski definition) is 1. The molecule has 1 amide bonds. The van der Waals surface area contributed by atoms with E-state index < -0.39 is 0 Å². The van der Waals surface area contributed by atoms with Gasteiger partial charge in [-0.1, -0.05) is 5.16 Å². The summed E-state index contributed by atoms with van der Waals surface area (Å²) in [5.41, 5.74) is 3.75. The minimum atomic E-state index is 0.105. The molecule has 0 saturated heterocycles. The number of carbonyl (C=O) groups excluding carboxylic acids is 1. The predicted octanol–water partition coefficient (Wildman–Crippen LogP) is 4.86. The fraction of sp³-hybridized carbons (Fsp3) is 0.609. The minimum Gasteiger partial charge on any atom is -0.361 e. The maximum absolute atomic E-state index is 13.0. The van der Waals surface area contributed by atoms with E-state index in [0.29, 0.717) is 12.2 Å². The highest BCUT2D eigenvalue weighted by atomic mass is 16.5. The average Bonchev–Trinajstić information content (AvgIpc) is 2.92. The molecule has 5 heteroatoms. The first-order valence-electron chi connectivity index (χ1n) is 10.5. The molecule has 2 unspecified atom stereocenters. The topological polar surface area (TPSA) is 68.0 Å². The summed E-state index contributed by atoms with van der Waals surface area (Å²) in [6.07, 6.45) is 9.60. The molecule has 0 aliphatic heterocycles. The first-order chi connectivity index (χ1) is 13.4. The summed E-state index contributed by atoms with van der Waals surface area (Å²) < 4.78 is 5.55. The highest BCUT2D eigenvalue weighted by molar-refractivity contribution is 5.90. The summed E-state index contributed by atoms with van der Waals surface area (Å²) in [6.45, 7) is 6.15. The zero-order chi connectivity index (χ0) is 19.5. The van der Waals surface area contributed by atoms with Gasteiger partial charge in [0, 0.05) is 23.6 Å². The van der Waals surface area contributed by atoms with E-state index >= 15 is 0 Å². The van der Waals surface area contributed by atoms with Crippen LogP contribution in [0.4, 0.5) is 5.82 Å². The maximum atomic E-state index is 13.0. The molecule has 2 aromatic heterocycles. The molecule has 28 heavy (non-hydrogen) atoms. The third-order valence-corrected chi connectivity index (χ3v) is 7.46. The first kappa shape index (κ1) is 17.9. The quantitative estimate of drug-likeness (QED) is 0.823. The minimum absolute atomic E-state index is 0.105. The largest absolute Gasteiger partial charge is 0.361 e. The smallest absolute Gasteiger partial charge is 0.226 e. The fourth-order valence-electron chi connectivity index (χ4n) is 7.32. The number of hydrogen-bond acceptors (Lipinski definition) is 4. The SMILES string of the molecule is Cc1ccnc(NC(=O)CC23CC4CC(C2)CC(c2c(C)noc2C)(C4)C3)c1. The summed E-state index contributed by atoms with van der Waals surface area (Å²) in [6, 6.07) is 3.88. The fourth-order valence-corrected chi connectivity index (χ4v) is 7.32. The predicted molar refractivity (Wildman–Crippen MR) is 107 cm³/mol. The van der Waals surface area contributed by atoms with Gasteiger partial charge < -0.3 is 9.84 Å². The molecular formula is C23H29N3O2. The van der Waals surface area contributed by atoms with Gasteiger partial charge in [-0.2, -0.15) is 0 Å². The lowest BCUT2D eigenvalue weighted by molar-refractivity contribution is -0.126. The van der Waals surface area contributed by atoms with Crippen LogP contribution in [0.15, 0.2) is 22.9 Å². The van der Waals surface area contributed by atoms with Crippen LogP contribution >= 0.6 is 0 Å². The highest BCUT2D eigenvalue weighted by Crippen LogP contribution is 2.67. The van der Waals surface area contributed by atoms with Crippen molar-refractivity contribution < 1.29 is 9.32 Å². The second-order valence-corrected chi connectivity index (χ2v) is 9.88. The van der Waals surface area contributed by atoms with Crippen LogP contribution in [0.3, 0.4) is 0 Å². The van der Waals surface area contributed by atoms with Crippen LogP contribution in [-0.2, 0) is 10.2 Å². The Bertz CT molecular complexity index is 898. The molecule has 2 aromatic rings. The molecular weight excluding hydrogens is 350 g/mol. The number of pyridine rings is 1. The van der Waals surface area contributed by atoms with Crippen molar-refractivity contribution in [3.63, 3.8) is 0 Å². The molecule has 0 radical (unpaired) electrons. The molecule has 148 valence electrons. The average molecular weight is 380 g/mol. The van der Waals surface area contributed by atoms with Gasteiger partial charge in [0.2, 0.25) is 5.91 Å². The number of carbonyl (C=O) groups is 1. The van der Waals surface area contributed by atoms with E-state index in [2.05, 4.69) is 29.3 Å². The van der Waals surface area contributed by atoms with Gasteiger partial charge >= 0.3 is 0 Å². The Labute approximate surface area is 166 Å². The van der Waals surface area contributed by atoms with E-state index in [0.717, 1.165) is 35.3 Å². The standard InChI is InChI=1S/C23H29N3O2/c1-14-4-5-24-19(6-14)25-20(27)12-22-8-17-7-18(9-22)11-23(10-17,13-22)21-15(2)26-28-16(21)3/h4-6,17-18H,7-13H2,1-3H3,(H,24,25,27). The number of nitrogens with one attached hydrogen (secondary N) is 1. The molecule has 0 aromatic carbocycles. The van der Waals surface area contributed by atoms with Crippen LogP contribution < -0.4 is 5.32 Å². The van der Waals surface area contributed by atoms with Crippen LogP contribution in [0, 0.1) is 38.0 Å². The molecule has 2 atom stereocenters. The zero-order valence-corrected chi connectivity index (χ0v) is 17.0. The second-order valence-electron chi connectivity index (χ2n) is 9.88. The summed E-state index contributed by atoms with van der Waals surface area (Å²) >= 11 is 0. The van der Waals surface area contributed by atoms with Crippen LogP contribution in [0.1, 0.15) is 67.5 Å². The van der Waals surface area contributed by atoms with E-state index in [4.69, 9.17) is 4.52 Å². The maximum Gasteiger partial charge on any atom is 0.226 e. The summed E-state index contributed by atoms with van der Waals surface area (Å²) in [7, 11) is 0. The van der Waals surface area contributed by atoms with Gasteiger partial charge in [-0.3, -0.25) is 4.79 Å². The molecule has 1 N–H and O–H groups in total. The lowest BCUT2D eigenvalue weighted by Crippen LogP contribution is -2.55. The molecule has 2 heterocycles. The van der Waals surface area contributed by atoms with Gasteiger partial charge in [0.05, 0.1) is 5.69 Å². The van der Waals surface area contributed by atoms with E-state index in [1.807, 2.05) is 19.1 Å². The zero-order valence-electron chi connectivity index (χ0n) is 17.0. The molecule has 5 nitrogen and oxygen atoms in total. The molecule has 4 saturated carbocycles. The Hall–Kier alpha value is -2.17. The molecule has 4 aliphatic rings. The van der Waals surface area contributed by atoms with Crippen LogP contribution in [0.25, 0.3) is 0 Å². The Morgan fingerprint density at radius 2 is 1.96 bits per heavy atom. The monoisotopic (exact) mass is 379 g/mol. The summed E-state index contributed by atoms with van der Waals surface area (Å²) in [5, 5.41) is 7.31. The van der Waals surface area contributed by atoms with E-state index in [1.165, 1.54) is 37.7 Å². The van der Waals surface area contributed by atoms with Crippen molar-refractivity contribution >= 4 is 11.7 Å². The van der Waals surface area contributed by atoms with E-state index in [9.17, 15) is 4.79 Å². The number of aromatic nitrogens is 2. The van der Waals surface area contributed by atoms with Crippen molar-refractivity contribution in [3.05, 3.63) is 40.9 Å². The van der Waals surface area contributed by atoms with Gasteiger partial charge in [-0.05, 0) is 94.2 Å². The first-order valence-corrected chi connectivity index (χ1v) is 10.5. The van der Waals surface area contributed by atoms with Crippen molar-refractivity contribution in [1.29, 1.82) is 0 Å². The molecule has 6 rings (SSSR count). The van der Waals surface area contributed by atoms with E-state index in [1.54, 1.807) is 6.20 Å². The van der Waals surface area contributed by atoms with Crippen molar-refractivity contribution in [2.75, 3.05) is 5.32 Å². The summed E-state index contributed by atoms with van der Waals surface area (Å²) in [5.74, 6) is 3.19. The van der Waals surface area contributed by atoms with Crippen LogP contribution in [-0.4, -0.2) is 16.0 Å². The Kier molecular flexibility index (Phi) is 3.94. The molecule has 4 fully saturated rings. The van der Waals surface area contributed by atoms with Gasteiger partial charge in [0.1, 0.15) is 11.6 Å². The molecule has 4 bridgehead atoms. The summed E-state index contributed by atoms with van der Waals surface area (Å²) in [4.78, 5) is 17.2. The Morgan fingerprint density at radius 3 is 2.61 bits per heavy atom. The third kappa shape index (κ3) is 2.87. The lowest BCUT2D eigenvalue weighted by atomic mass is 9.42. The number of aryl methyl sites for hydroxylation is 3. The lowest BCUT2D eigenvalue weighted by Gasteiger charge is -2.62. The Morgan fingerprint density at radius 1 is 1.21 bits per heavy atom. The van der Waals surface area contributed by atoms with E-state index in [-0.39, 0.29) is 16.7 Å². The molecule has 0 spiro atoms. The van der Waals surface area contributed by atoms with Crippen LogP contribution in [0.5, 0.6) is 0 Å². The van der Waals surface area contributed by atoms with Crippen LogP contribution in [0.2, 0.25) is 0 Å². The number of amides is 1. The van der Waals surface area contributed by atoms with Gasteiger partial charge in [-0.25, -0.2) is 4.98 Å².